The fraction of sp³-hybridized carbons (Fsp3) is 0.417. The van der Waals surface area contributed by atoms with Crippen LogP contribution < -0.4 is 5.73 Å². The van der Waals surface area contributed by atoms with Gasteiger partial charge in [-0.1, -0.05) is 18.2 Å². The highest BCUT2D eigenvalue weighted by atomic mass is 32.2. The first-order valence-electron chi connectivity index (χ1n) is 6.06. The van der Waals surface area contributed by atoms with Gasteiger partial charge in [0.1, 0.15) is 0 Å². The van der Waals surface area contributed by atoms with Crippen LogP contribution in [0.2, 0.25) is 0 Å². The summed E-state index contributed by atoms with van der Waals surface area (Å²) in [7, 11) is -3.42. The van der Waals surface area contributed by atoms with Crippen molar-refractivity contribution in [3.05, 3.63) is 30.3 Å². The number of hydrogen-bond acceptors (Lipinski definition) is 4. The summed E-state index contributed by atoms with van der Waals surface area (Å²) in [5.41, 5.74) is 5.12. The predicted octanol–water partition coefficient (Wildman–Crippen LogP) is -0.522. The molecular formula is C12H17N3O3S. The molecule has 7 heteroatoms. The molecule has 2 rings (SSSR count). The molecule has 0 saturated carbocycles. The minimum Gasteiger partial charge on any atom is -0.369 e. The first-order chi connectivity index (χ1) is 9.00. The lowest BCUT2D eigenvalue weighted by molar-refractivity contribution is -0.119. The average Bonchev–Trinajstić information content (AvgIpc) is 2.40. The number of hydrogen-bond donors (Lipinski definition) is 1. The maximum absolute atomic E-state index is 12.3. The Morgan fingerprint density at radius 2 is 1.68 bits per heavy atom. The van der Waals surface area contributed by atoms with Gasteiger partial charge >= 0.3 is 0 Å². The van der Waals surface area contributed by atoms with Crippen LogP contribution in [0.25, 0.3) is 0 Å². The van der Waals surface area contributed by atoms with Crippen molar-refractivity contribution in [1.82, 2.24) is 9.21 Å². The predicted molar refractivity (Wildman–Crippen MR) is 70.8 cm³/mol. The molecule has 6 nitrogen and oxygen atoms in total. The molecule has 1 aromatic carbocycles. The number of nitrogens with zero attached hydrogens (tertiary/aromatic N) is 2. The van der Waals surface area contributed by atoms with Gasteiger partial charge in [-0.3, -0.25) is 9.69 Å². The molecule has 1 fully saturated rings. The molecular weight excluding hydrogens is 266 g/mol. The molecule has 1 aromatic rings. The van der Waals surface area contributed by atoms with Crippen LogP contribution in [0.4, 0.5) is 0 Å². The molecule has 0 bridgehead atoms. The summed E-state index contributed by atoms with van der Waals surface area (Å²) in [5, 5.41) is 0. The van der Waals surface area contributed by atoms with E-state index in [9.17, 15) is 13.2 Å². The van der Waals surface area contributed by atoms with Crippen LogP contribution in [0, 0.1) is 0 Å². The third-order valence-corrected chi connectivity index (χ3v) is 5.00. The van der Waals surface area contributed by atoms with Gasteiger partial charge in [-0.2, -0.15) is 4.31 Å². The summed E-state index contributed by atoms with van der Waals surface area (Å²) in [4.78, 5) is 13.0. The summed E-state index contributed by atoms with van der Waals surface area (Å²) >= 11 is 0. The fourth-order valence-electron chi connectivity index (χ4n) is 2.09. The molecule has 0 atom stereocenters. The molecule has 1 heterocycles. The normalized spacial score (nSPS) is 18.3. The van der Waals surface area contributed by atoms with Crippen LogP contribution in [0.3, 0.4) is 0 Å². The summed E-state index contributed by atoms with van der Waals surface area (Å²) in [6.07, 6.45) is 0. The number of carbonyl (C=O) groups excluding carboxylic acids is 1. The van der Waals surface area contributed by atoms with Gasteiger partial charge < -0.3 is 5.73 Å². The maximum atomic E-state index is 12.3. The number of benzene rings is 1. The summed E-state index contributed by atoms with van der Waals surface area (Å²) < 4.78 is 26.1. The second kappa shape index (κ2) is 5.68. The Morgan fingerprint density at radius 1 is 1.11 bits per heavy atom. The molecule has 0 aliphatic carbocycles. The van der Waals surface area contributed by atoms with Crippen molar-refractivity contribution in [3.8, 4) is 0 Å². The number of nitrogens with two attached hydrogens (primary N) is 1. The van der Waals surface area contributed by atoms with Crippen molar-refractivity contribution in [1.29, 1.82) is 0 Å². The molecule has 2 N–H and O–H groups in total. The topological polar surface area (TPSA) is 83.7 Å². The Kier molecular flexibility index (Phi) is 4.18. The monoisotopic (exact) mass is 283 g/mol. The van der Waals surface area contributed by atoms with Crippen LogP contribution in [0.1, 0.15) is 0 Å². The quantitative estimate of drug-likeness (QED) is 0.806. The molecule has 0 aromatic heterocycles. The van der Waals surface area contributed by atoms with E-state index < -0.39 is 10.0 Å². The van der Waals surface area contributed by atoms with Gasteiger partial charge in [0.25, 0.3) is 0 Å². The summed E-state index contributed by atoms with van der Waals surface area (Å²) in [6, 6.07) is 8.37. The zero-order valence-corrected chi connectivity index (χ0v) is 11.3. The Morgan fingerprint density at radius 3 is 2.21 bits per heavy atom. The van der Waals surface area contributed by atoms with E-state index in [1.807, 2.05) is 4.90 Å². The van der Waals surface area contributed by atoms with E-state index in [0.717, 1.165) is 0 Å². The molecule has 0 radical (unpaired) electrons. The van der Waals surface area contributed by atoms with Crippen LogP contribution in [-0.4, -0.2) is 56.3 Å². The van der Waals surface area contributed by atoms with E-state index in [0.29, 0.717) is 31.1 Å². The second-order valence-corrected chi connectivity index (χ2v) is 6.40. The maximum Gasteiger partial charge on any atom is 0.243 e. The molecule has 19 heavy (non-hydrogen) atoms. The van der Waals surface area contributed by atoms with Crippen molar-refractivity contribution >= 4 is 15.9 Å². The van der Waals surface area contributed by atoms with Crippen LogP contribution in [0.15, 0.2) is 35.2 Å². The van der Waals surface area contributed by atoms with Gasteiger partial charge in [-0.25, -0.2) is 8.42 Å². The highest BCUT2D eigenvalue weighted by molar-refractivity contribution is 7.89. The van der Waals surface area contributed by atoms with Crippen molar-refractivity contribution in [2.24, 2.45) is 5.73 Å². The molecule has 0 unspecified atom stereocenters. The summed E-state index contributed by atoms with van der Waals surface area (Å²) in [6.45, 7) is 1.98. The van der Waals surface area contributed by atoms with E-state index in [4.69, 9.17) is 5.73 Å². The standard InChI is InChI=1S/C12H17N3O3S/c13-12(16)10-14-6-8-15(9-7-14)19(17,18)11-4-2-1-3-5-11/h1-5H,6-10H2,(H2,13,16). The molecule has 104 valence electrons. The molecule has 1 aliphatic rings. The molecule has 1 amide bonds. The van der Waals surface area contributed by atoms with Gasteiger partial charge in [0.05, 0.1) is 11.4 Å². The van der Waals surface area contributed by atoms with Crippen LogP contribution >= 0.6 is 0 Å². The third kappa shape index (κ3) is 3.31. The Labute approximate surface area is 112 Å². The van der Waals surface area contributed by atoms with E-state index in [1.165, 1.54) is 4.31 Å². The number of rotatable bonds is 4. The van der Waals surface area contributed by atoms with Crippen molar-refractivity contribution < 1.29 is 13.2 Å². The van der Waals surface area contributed by atoms with Crippen molar-refractivity contribution in [3.63, 3.8) is 0 Å². The Balaban J connectivity index is 2.03. The Bertz CT molecular complexity index is 537. The highest BCUT2D eigenvalue weighted by Gasteiger charge is 2.28. The lowest BCUT2D eigenvalue weighted by Gasteiger charge is -2.33. The minimum atomic E-state index is -3.42. The van der Waals surface area contributed by atoms with Crippen molar-refractivity contribution in [2.45, 2.75) is 4.90 Å². The lowest BCUT2D eigenvalue weighted by atomic mass is 10.3. The largest absolute Gasteiger partial charge is 0.369 e. The van der Waals surface area contributed by atoms with Crippen LogP contribution in [-0.2, 0) is 14.8 Å². The molecule has 1 saturated heterocycles. The first-order valence-corrected chi connectivity index (χ1v) is 7.50. The van der Waals surface area contributed by atoms with Gasteiger partial charge in [0, 0.05) is 26.2 Å². The number of amides is 1. The van der Waals surface area contributed by atoms with E-state index in [2.05, 4.69) is 0 Å². The Hall–Kier alpha value is -1.44. The zero-order chi connectivity index (χ0) is 13.9. The number of primary amides is 1. The number of carbonyl (C=O) groups is 1. The summed E-state index contributed by atoms with van der Waals surface area (Å²) in [5.74, 6) is -0.389. The van der Waals surface area contributed by atoms with Gasteiger partial charge in [-0.15, -0.1) is 0 Å². The minimum absolute atomic E-state index is 0.180. The molecule has 1 aliphatic heterocycles. The highest BCUT2D eigenvalue weighted by Crippen LogP contribution is 2.16. The lowest BCUT2D eigenvalue weighted by Crippen LogP contribution is -2.50. The molecule has 0 spiro atoms. The first kappa shape index (κ1) is 14.0. The van der Waals surface area contributed by atoms with E-state index in [-0.39, 0.29) is 12.5 Å². The van der Waals surface area contributed by atoms with E-state index >= 15 is 0 Å². The second-order valence-electron chi connectivity index (χ2n) is 4.46. The smallest absolute Gasteiger partial charge is 0.243 e. The van der Waals surface area contributed by atoms with E-state index in [1.54, 1.807) is 30.3 Å². The average molecular weight is 283 g/mol. The fourth-order valence-corrected chi connectivity index (χ4v) is 3.53. The number of piperazine rings is 1. The van der Waals surface area contributed by atoms with Crippen molar-refractivity contribution in [2.75, 3.05) is 32.7 Å². The van der Waals surface area contributed by atoms with Crippen LogP contribution in [0.5, 0.6) is 0 Å². The number of sulfonamides is 1. The SMILES string of the molecule is NC(=O)CN1CCN(S(=O)(=O)c2ccccc2)CC1. The van der Waals surface area contributed by atoms with Gasteiger partial charge in [0.15, 0.2) is 0 Å². The zero-order valence-electron chi connectivity index (χ0n) is 10.5. The van der Waals surface area contributed by atoms with Gasteiger partial charge in [-0.05, 0) is 12.1 Å². The third-order valence-electron chi connectivity index (χ3n) is 3.09. The van der Waals surface area contributed by atoms with Gasteiger partial charge in [0.2, 0.25) is 15.9 Å².